The lowest BCUT2D eigenvalue weighted by Crippen LogP contribution is -2.39. The third-order valence-electron chi connectivity index (χ3n) is 3.99. The van der Waals surface area contributed by atoms with Gasteiger partial charge in [0.15, 0.2) is 0 Å². The van der Waals surface area contributed by atoms with Crippen LogP contribution in [0, 0.1) is 5.92 Å². The van der Waals surface area contributed by atoms with E-state index in [0.29, 0.717) is 12.0 Å². The van der Waals surface area contributed by atoms with Crippen LogP contribution in [0.15, 0.2) is 24.3 Å². The molecule has 1 aliphatic carbocycles. The second-order valence-corrected chi connectivity index (χ2v) is 5.69. The van der Waals surface area contributed by atoms with Crippen molar-refractivity contribution >= 4 is 0 Å². The Balaban J connectivity index is 1.63. The summed E-state index contributed by atoms with van der Waals surface area (Å²) in [5.74, 6) is 1.59. The Labute approximate surface area is 116 Å². The number of hydrogen-bond acceptors (Lipinski definition) is 3. The number of aliphatic hydroxyl groups is 1. The third-order valence-corrected chi connectivity index (χ3v) is 3.99. The number of benzene rings is 1. The summed E-state index contributed by atoms with van der Waals surface area (Å²) in [7, 11) is 1.69. The van der Waals surface area contributed by atoms with Crippen molar-refractivity contribution in [2.24, 2.45) is 5.92 Å². The Hall–Kier alpha value is -1.06. The monoisotopic (exact) mass is 263 g/mol. The normalized spacial score (nSPS) is 23.7. The van der Waals surface area contributed by atoms with Gasteiger partial charge in [0.2, 0.25) is 0 Å². The summed E-state index contributed by atoms with van der Waals surface area (Å²) in [4.78, 5) is 0. The van der Waals surface area contributed by atoms with Crippen molar-refractivity contribution < 1.29 is 9.84 Å². The van der Waals surface area contributed by atoms with Crippen LogP contribution in [0.4, 0.5) is 0 Å². The summed E-state index contributed by atoms with van der Waals surface area (Å²) in [6, 6.07) is 8.83. The molecular weight excluding hydrogens is 238 g/mol. The zero-order valence-electron chi connectivity index (χ0n) is 11.9. The third kappa shape index (κ3) is 4.51. The summed E-state index contributed by atoms with van der Waals surface area (Å²) >= 11 is 0. The molecular formula is C16H25NO2. The molecule has 1 saturated carbocycles. The van der Waals surface area contributed by atoms with E-state index in [9.17, 15) is 5.11 Å². The molecule has 1 atom stereocenters. The smallest absolute Gasteiger partial charge is 0.118 e. The van der Waals surface area contributed by atoms with Crippen molar-refractivity contribution in [3.8, 4) is 5.75 Å². The molecule has 19 heavy (non-hydrogen) atoms. The van der Waals surface area contributed by atoms with Crippen LogP contribution in [0.2, 0.25) is 0 Å². The fourth-order valence-electron chi connectivity index (χ4n) is 2.51. The number of ether oxygens (including phenoxy) is 1. The Morgan fingerprint density at radius 2 is 2.00 bits per heavy atom. The molecule has 106 valence electrons. The first-order valence-electron chi connectivity index (χ1n) is 7.21. The summed E-state index contributed by atoms with van der Waals surface area (Å²) in [6.07, 6.45) is 4.13. The minimum Gasteiger partial charge on any atom is -0.497 e. The van der Waals surface area contributed by atoms with Crippen molar-refractivity contribution in [1.82, 2.24) is 5.32 Å². The van der Waals surface area contributed by atoms with Crippen molar-refractivity contribution in [3.63, 3.8) is 0 Å². The Morgan fingerprint density at radius 3 is 2.58 bits per heavy atom. The molecule has 2 rings (SSSR count). The minimum atomic E-state index is -0.0404. The molecule has 0 amide bonds. The first kappa shape index (κ1) is 14.4. The van der Waals surface area contributed by atoms with E-state index >= 15 is 0 Å². The molecule has 0 spiro atoms. The molecule has 1 fully saturated rings. The highest BCUT2D eigenvalue weighted by atomic mass is 16.5. The van der Waals surface area contributed by atoms with Crippen LogP contribution in [-0.4, -0.2) is 30.9 Å². The molecule has 0 saturated heterocycles. The zero-order valence-corrected chi connectivity index (χ0v) is 11.9. The van der Waals surface area contributed by atoms with E-state index in [1.807, 2.05) is 12.1 Å². The van der Waals surface area contributed by atoms with Gasteiger partial charge in [-0.25, -0.2) is 0 Å². The number of hydrogen-bond donors (Lipinski definition) is 2. The lowest BCUT2D eigenvalue weighted by atomic mass is 9.82. The van der Waals surface area contributed by atoms with Crippen LogP contribution in [0.1, 0.15) is 31.7 Å². The molecule has 0 aliphatic heterocycles. The van der Waals surface area contributed by atoms with E-state index in [1.54, 1.807) is 7.11 Å². The maximum atomic E-state index is 9.24. The van der Waals surface area contributed by atoms with E-state index in [4.69, 9.17) is 4.74 Å². The zero-order chi connectivity index (χ0) is 13.7. The van der Waals surface area contributed by atoms with E-state index in [1.165, 1.54) is 5.56 Å². The van der Waals surface area contributed by atoms with Gasteiger partial charge >= 0.3 is 0 Å². The molecule has 0 bridgehead atoms. The minimum absolute atomic E-state index is 0.0404. The lowest BCUT2D eigenvalue weighted by Gasteiger charge is -2.32. The van der Waals surface area contributed by atoms with Gasteiger partial charge in [-0.05, 0) is 62.8 Å². The largest absolute Gasteiger partial charge is 0.497 e. The average Bonchev–Trinajstić information content (AvgIpc) is 2.40. The SMILES string of the molecule is COc1ccc(CCC(C)NCC2CC(O)C2)cc1. The Bertz CT molecular complexity index is 371. The Morgan fingerprint density at radius 1 is 1.32 bits per heavy atom. The molecule has 1 aliphatic rings. The fourth-order valence-corrected chi connectivity index (χ4v) is 2.51. The predicted octanol–water partition coefficient (Wildman–Crippen LogP) is 2.38. The second kappa shape index (κ2) is 6.92. The molecule has 2 N–H and O–H groups in total. The predicted molar refractivity (Wildman–Crippen MR) is 77.5 cm³/mol. The second-order valence-electron chi connectivity index (χ2n) is 5.69. The molecule has 1 aromatic carbocycles. The van der Waals surface area contributed by atoms with E-state index in [2.05, 4.69) is 24.4 Å². The topological polar surface area (TPSA) is 41.5 Å². The molecule has 0 heterocycles. The van der Waals surface area contributed by atoms with Gasteiger partial charge in [0, 0.05) is 6.04 Å². The maximum Gasteiger partial charge on any atom is 0.118 e. The number of aliphatic hydroxyl groups excluding tert-OH is 1. The van der Waals surface area contributed by atoms with E-state index < -0.39 is 0 Å². The van der Waals surface area contributed by atoms with Crippen LogP contribution < -0.4 is 10.1 Å². The average molecular weight is 263 g/mol. The number of methoxy groups -OCH3 is 1. The fraction of sp³-hybridized carbons (Fsp3) is 0.625. The van der Waals surface area contributed by atoms with Gasteiger partial charge in [-0.2, -0.15) is 0 Å². The van der Waals surface area contributed by atoms with Crippen LogP contribution in [0.3, 0.4) is 0 Å². The van der Waals surface area contributed by atoms with Crippen molar-refractivity contribution in [3.05, 3.63) is 29.8 Å². The van der Waals surface area contributed by atoms with Crippen molar-refractivity contribution in [1.29, 1.82) is 0 Å². The van der Waals surface area contributed by atoms with Crippen LogP contribution in [-0.2, 0) is 6.42 Å². The molecule has 0 aromatic heterocycles. The van der Waals surface area contributed by atoms with Crippen molar-refractivity contribution in [2.75, 3.05) is 13.7 Å². The molecule has 3 nitrogen and oxygen atoms in total. The lowest BCUT2D eigenvalue weighted by molar-refractivity contribution is 0.0420. The standard InChI is InChI=1S/C16H25NO2/c1-12(17-11-14-9-15(18)10-14)3-4-13-5-7-16(19-2)8-6-13/h5-8,12,14-15,17-18H,3-4,9-11H2,1-2H3. The summed E-state index contributed by atoms with van der Waals surface area (Å²) in [5, 5.41) is 12.8. The number of rotatable bonds is 7. The Kier molecular flexibility index (Phi) is 5.23. The highest BCUT2D eigenvalue weighted by Gasteiger charge is 2.26. The quantitative estimate of drug-likeness (QED) is 0.793. The number of nitrogens with one attached hydrogen (secondary N) is 1. The summed E-state index contributed by atoms with van der Waals surface area (Å²) < 4.78 is 5.15. The van der Waals surface area contributed by atoms with E-state index in [0.717, 1.165) is 38.0 Å². The van der Waals surface area contributed by atoms with Gasteiger partial charge < -0.3 is 15.2 Å². The first-order valence-corrected chi connectivity index (χ1v) is 7.21. The molecule has 3 heteroatoms. The van der Waals surface area contributed by atoms with Gasteiger partial charge in [0.05, 0.1) is 13.2 Å². The maximum absolute atomic E-state index is 9.24. The van der Waals surface area contributed by atoms with Gasteiger partial charge in [-0.15, -0.1) is 0 Å². The van der Waals surface area contributed by atoms with Gasteiger partial charge in [0.1, 0.15) is 5.75 Å². The van der Waals surface area contributed by atoms with E-state index in [-0.39, 0.29) is 6.10 Å². The molecule has 0 radical (unpaired) electrons. The van der Waals surface area contributed by atoms with Crippen LogP contribution in [0.25, 0.3) is 0 Å². The highest BCUT2D eigenvalue weighted by molar-refractivity contribution is 5.27. The van der Waals surface area contributed by atoms with Crippen LogP contribution in [0.5, 0.6) is 5.75 Å². The van der Waals surface area contributed by atoms with Gasteiger partial charge in [0.25, 0.3) is 0 Å². The van der Waals surface area contributed by atoms with Gasteiger partial charge in [-0.3, -0.25) is 0 Å². The summed E-state index contributed by atoms with van der Waals surface area (Å²) in [6.45, 7) is 3.28. The summed E-state index contributed by atoms with van der Waals surface area (Å²) in [5.41, 5.74) is 1.36. The highest BCUT2D eigenvalue weighted by Crippen LogP contribution is 2.26. The van der Waals surface area contributed by atoms with Crippen molar-refractivity contribution in [2.45, 2.75) is 44.8 Å². The molecule has 1 aromatic rings. The van der Waals surface area contributed by atoms with Gasteiger partial charge in [-0.1, -0.05) is 12.1 Å². The molecule has 1 unspecified atom stereocenters. The van der Waals surface area contributed by atoms with Crippen LogP contribution >= 0.6 is 0 Å². The number of aryl methyl sites for hydroxylation is 1. The first-order chi connectivity index (χ1) is 9.17.